The van der Waals surface area contributed by atoms with Gasteiger partial charge in [-0.15, -0.1) is 12.4 Å². The van der Waals surface area contributed by atoms with Crippen molar-refractivity contribution in [2.45, 2.75) is 39.0 Å². The largest absolute Gasteiger partial charge is 0.497 e. The van der Waals surface area contributed by atoms with E-state index in [1.54, 1.807) is 14.0 Å². The van der Waals surface area contributed by atoms with Crippen LogP contribution in [0, 0.1) is 5.92 Å². The molecule has 0 spiro atoms. The molecular weight excluding hydrogens is 316 g/mol. The molecule has 6 heteroatoms. The molecule has 23 heavy (non-hydrogen) atoms. The molecule has 1 saturated heterocycles. The molecule has 0 radical (unpaired) electrons. The van der Waals surface area contributed by atoms with Crippen LogP contribution in [-0.2, 0) is 16.1 Å². The summed E-state index contributed by atoms with van der Waals surface area (Å²) in [6, 6.07) is 7.91. The van der Waals surface area contributed by atoms with Crippen LogP contribution in [0.2, 0.25) is 0 Å². The highest BCUT2D eigenvalue weighted by Gasteiger charge is 2.24. The van der Waals surface area contributed by atoms with E-state index in [2.05, 4.69) is 17.6 Å². The monoisotopic (exact) mass is 342 g/mol. The molecule has 0 aromatic heterocycles. The standard InChI is InChI=1S/C17H26N2O3.ClH/c1-12-10-18-8-7-16(12)19-17(20)13(2)22-11-14-5-4-6-15(9-14)21-3;/h4-6,9,12-13,16,18H,7-8,10-11H2,1-3H3,(H,19,20);1H. The van der Waals surface area contributed by atoms with Gasteiger partial charge in [0.25, 0.3) is 0 Å². The average molecular weight is 343 g/mol. The maximum atomic E-state index is 12.2. The molecule has 0 saturated carbocycles. The van der Waals surface area contributed by atoms with E-state index in [1.807, 2.05) is 24.3 Å². The van der Waals surface area contributed by atoms with Gasteiger partial charge in [-0.05, 0) is 50.0 Å². The van der Waals surface area contributed by atoms with Gasteiger partial charge in [0.1, 0.15) is 11.9 Å². The number of carbonyl (C=O) groups is 1. The third-order valence-electron chi connectivity index (χ3n) is 4.12. The molecule has 130 valence electrons. The first-order chi connectivity index (χ1) is 10.6. The van der Waals surface area contributed by atoms with Crippen molar-refractivity contribution in [2.75, 3.05) is 20.2 Å². The zero-order chi connectivity index (χ0) is 15.9. The van der Waals surface area contributed by atoms with E-state index < -0.39 is 6.10 Å². The van der Waals surface area contributed by atoms with Crippen LogP contribution in [0.3, 0.4) is 0 Å². The molecule has 3 atom stereocenters. The number of piperidine rings is 1. The molecule has 1 fully saturated rings. The van der Waals surface area contributed by atoms with Crippen LogP contribution in [0.25, 0.3) is 0 Å². The fourth-order valence-electron chi connectivity index (χ4n) is 2.59. The lowest BCUT2D eigenvalue weighted by atomic mass is 9.95. The van der Waals surface area contributed by atoms with Crippen molar-refractivity contribution in [1.82, 2.24) is 10.6 Å². The molecular formula is C17H27ClN2O3. The molecule has 1 aromatic carbocycles. The van der Waals surface area contributed by atoms with Crippen molar-refractivity contribution >= 4 is 18.3 Å². The Balaban J connectivity index is 0.00000264. The van der Waals surface area contributed by atoms with E-state index in [4.69, 9.17) is 9.47 Å². The number of ether oxygens (including phenoxy) is 2. The average Bonchev–Trinajstić information content (AvgIpc) is 2.54. The van der Waals surface area contributed by atoms with E-state index in [1.165, 1.54) is 0 Å². The number of carbonyl (C=O) groups excluding carboxylic acids is 1. The quantitative estimate of drug-likeness (QED) is 0.831. The summed E-state index contributed by atoms with van der Waals surface area (Å²) in [6.45, 7) is 6.24. The first-order valence-electron chi connectivity index (χ1n) is 7.85. The number of methoxy groups -OCH3 is 1. The van der Waals surface area contributed by atoms with Crippen LogP contribution >= 0.6 is 12.4 Å². The fourth-order valence-corrected chi connectivity index (χ4v) is 2.59. The second-order valence-electron chi connectivity index (χ2n) is 5.89. The Labute approximate surface area is 144 Å². The number of hydrogen-bond acceptors (Lipinski definition) is 4. The summed E-state index contributed by atoms with van der Waals surface area (Å²) >= 11 is 0. The molecule has 0 aliphatic carbocycles. The summed E-state index contributed by atoms with van der Waals surface area (Å²) < 4.78 is 10.9. The van der Waals surface area contributed by atoms with Gasteiger partial charge in [0.05, 0.1) is 13.7 Å². The molecule has 1 aromatic rings. The van der Waals surface area contributed by atoms with Crippen molar-refractivity contribution in [3.05, 3.63) is 29.8 Å². The Morgan fingerprint density at radius 1 is 1.48 bits per heavy atom. The van der Waals surface area contributed by atoms with Gasteiger partial charge in [0.2, 0.25) is 5.91 Å². The summed E-state index contributed by atoms with van der Waals surface area (Å²) in [5, 5.41) is 6.43. The first-order valence-corrected chi connectivity index (χ1v) is 7.85. The zero-order valence-electron chi connectivity index (χ0n) is 14.0. The Bertz CT molecular complexity index is 498. The van der Waals surface area contributed by atoms with Crippen molar-refractivity contribution in [3.8, 4) is 5.75 Å². The maximum absolute atomic E-state index is 12.2. The van der Waals surface area contributed by atoms with Gasteiger partial charge < -0.3 is 20.1 Å². The Hall–Kier alpha value is -1.30. The van der Waals surface area contributed by atoms with Gasteiger partial charge in [-0.25, -0.2) is 0 Å². The molecule has 1 heterocycles. The third kappa shape index (κ3) is 6.01. The topological polar surface area (TPSA) is 59.6 Å². The number of halogens is 1. The highest BCUT2D eigenvalue weighted by atomic mass is 35.5. The predicted octanol–water partition coefficient (Wildman–Crippen LogP) is 2.14. The minimum atomic E-state index is -0.465. The van der Waals surface area contributed by atoms with E-state index in [0.717, 1.165) is 30.8 Å². The molecule has 2 N–H and O–H groups in total. The Kier molecular flexibility index (Phi) is 8.37. The smallest absolute Gasteiger partial charge is 0.249 e. The SMILES string of the molecule is COc1cccc(COC(C)C(=O)NC2CCNCC2C)c1.Cl. The molecule has 2 rings (SSSR count). The molecule has 1 aliphatic rings. The number of hydrogen-bond donors (Lipinski definition) is 2. The first kappa shape index (κ1) is 19.7. The summed E-state index contributed by atoms with van der Waals surface area (Å²) in [6.07, 6.45) is 0.503. The molecule has 5 nitrogen and oxygen atoms in total. The van der Waals surface area contributed by atoms with Crippen LogP contribution in [-0.4, -0.2) is 38.3 Å². The fraction of sp³-hybridized carbons (Fsp3) is 0.588. The van der Waals surface area contributed by atoms with Crippen molar-refractivity contribution in [3.63, 3.8) is 0 Å². The predicted molar refractivity (Wildman–Crippen MR) is 93.1 cm³/mol. The van der Waals surface area contributed by atoms with Gasteiger partial charge in [-0.1, -0.05) is 19.1 Å². The highest BCUT2D eigenvalue weighted by Crippen LogP contribution is 2.14. The Morgan fingerprint density at radius 3 is 2.96 bits per heavy atom. The molecule has 1 amide bonds. The van der Waals surface area contributed by atoms with Gasteiger partial charge in [0, 0.05) is 6.04 Å². The minimum absolute atomic E-state index is 0. The van der Waals surface area contributed by atoms with E-state index in [0.29, 0.717) is 12.5 Å². The lowest BCUT2D eigenvalue weighted by Crippen LogP contribution is -2.50. The van der Waals surface area contributed by atoms with Crippen molar-refractivity contribution in [1.29, 1.82) is 0 Å². The number of nitrogens with one attached hydrogen (secondary N) is 2. The summed E-state index contributed by atoms with van der Waals surface area (Å²) in [4.78, 5) is 12.2. The van der Waals surface area contributed by atoms with Gasteiger partial charge in [-0.2, -0.15) is 0 Å². The van der Waals surface area contributed by atoms with E-state index in [-0.39, 0.29) is 24.4 Å². The second-order valence-corrected chi connectivity index (χ2v) is 5.89. The van der Waals surface area contributed by atoms with Crippen molar-refractivity contribution < 1.29 is 14.3 Å². The summed E-state index contributed by atoms with van der Waals surface area (Å²) in [5.41, 5.74) is 0.995. The summed E-state index contributed by atoms with van der Waals surface area (Å²) in [5.74, 6) is 1.20. The van der Waals surface area contributed by atoms with Gasteiger partial charge in [-0.3, -0.25) is 4.79 Å². The second kappa shape index (κ2) is 9.75. The van der Waals surface area contributed by atoms with Crippen LogP contribution in [0.5, 0.6) is 5.75 Å². The normalized spacial score (nSPS) is 21.9. The van der Waals surface area contributed by atoms with E-state index >= 15 is 0 Å². The molecule has 1 aliphatic heterocycles. The Morgan fingerprint density at radius 2 is 2.26 bits per heavy atom. The van der Waals surface area contributed by atoms with E-state index in [9.17, 15) is 4.79 Å². The third-order valence-corrected chi connectivity index (χ3v) is 4.12. The van der Waals surface area contributed by atoms with Crippen molar-refractivity contribution in [2.24, 2.45) is 5.92 Å². The number of amides is 1. The zero-order valence-corrected chi connectivity index (χ0v) is 14.8. The van der Waals surface area contributed by atoms with Crippen LogP contribution in [0.15, 0.2) is 24.3 Å². The molecule has 0 bridgehead atoms. The maximum Gasteiger partial charge on any atom is 0.249 e. The molecule has 3 unspecified atom stereocenters. The summed E-state index contributed by atoms with van der Waals surface area (Å²) in [7, 11) is 1.64. The minimum Gasteiger partial charge on any atom is -0.497 e. The van der Waals surface area contributed by atoms with Gasteiger partial charge in [0.15, 0.2) is 0 Å². The van der Waals surface area contributed by atoms with Crippen LogP contribution in [0.4, 0.5) is 0 Å². The highest BCUT2D eigenvalue weighted by molar-refractivity contribution is 5.85. The lowest BCUT2D eigenvalue weighted by molar-refractivity contribution is -0.133. The van der Waals surface area contributed by atoms with Crippen LogP contribution < -0.4 is 15.4 Å². The lowest BCUT2D eigenvalue weighted by Gasteiger charge is -2.31. The number of benzene rings is 1. The van der Waals surface area contributed by atoms with Gasteiger partial charge >= 0.3 is 0 Å². The van der Waals surface area contributed by atoms with Crippen LogP contribution in [0.1, 0.15) is 25.8 Å². The number of rotatable bonds is 6.